The molecule has 1 heterocycles. The Morgan fingerprint density at radius 3 is 2.75 bits per heavy atom. The predicted molar refractivity (Wildman–Crippen MR) is 47.4 cm³/mol. The molecule has 12 heavy (non-hydrogen) atoms. The second kappa shape index (κ2) is 2.54. The van der Waals surface area contributed by atoms with Gasteiger partial charge in [0, 0.05) is 10.0 Å². The first kappa shape index (κ1) is 8.20. The largest absolute Gasteiger partial charge is 0.365 e. The fourth-order valence-corrected chi connectivity index (χ4v) is 1.95. The van der Waals surface area contributed by atoms with Crippen molar-refractivity contribution in [2.45, 2.75) is 12.5 Å². The number of hydrogen-bond acceptors (Lipinski definition) is 1. The van der Waals surface area contributed by atoms with Crippen LogP contribution in [0.4, 0.5) is 4.39 Å². The molecule has 0 spiro atoms. The molecule has 1 atom stereocenters. The van der Waals surface area contributed by atoms with Crippen LogP contribution in [-0.4, -0.2) is 6.61 Å². The van der Waals surface area contributed by atoms with Crippen LogP contribution in [0.25, 0.3) is 0 Å². The molecule has 0 N–H and O–H groups in total. The van der Waals surface area contributed by atoms with E-state index < -0.39 is 0 Å². The molecule has 2 rings (SSSR count). The molecule has 0 amide bonds. The van der Waals surface area contributed by atoms with Gasteiger partial charge in [-0.3, -0.25) is 0 Å². The zero-order chi connectivity index (χ0) is 8.77. The van der Waals surface area contributed by atoms with Crippen LogP contribution in [0.5, 0.6) is 0 Å². The molecule has 1 saturated heterocycles. The van der Waals surface area contributed by atoms with Gasteiger partial charge in [0.2, 0.25) is 0 Å². The van der Waals surface area contributed by atoms with E-state index in [2.05, 4.69) is 15.9 Å². The van der Waals surface area contributed by atoms with Crippen LogP contribution in [0.3, 0.4) is 0 Å². The van der Waals surface area contributed by atoms with Gasteiger partial charge in [-0.1, -0.05) is 22.0 Å². The summed E-state index contributed by atoms with van der Waals surface area (Å²) in [5, 5.41) is 0. The third kappa shape index (κ3) is 1.27. The van der Waals surface area contributed by atoms with E-state index in [0.29, 0.717) is 0 Å². The molecule has 1 aliphatic rings. The molecule has 1 aromatic carbocycles. The molecule has 1 aliphatic heterocycles. The van der Waals surface area contributed by atoms with Gasteiger partial charge in [0.05, 0.1) is 6.61 Å². The van der Waals surface area contributed by atoms with E-state index in [0.717, 1.165) is 16.6 Å². The highest BCUT2D eigenvalue weighted by Gasteiger charge is 2.42. The molecule has 0 bridgehead atoms. The summed E-state index contributed by atoms with van der Waals surface area (Å²) in [6.45, 7) is 2.71. The van der Waals surface area contributed by atoms with E-state index >= 15 is 0 Å². The number of rotatable bonds is 1. The Bertz CT molecular complexity index is 320. The maximum Gasteiger partial charge on any atom is 0.124 e. The summed E-state index contributed by atoms with van der Waals surface area (Å²) in [5.41, 5.74) is 0.830. The maximum absolute atomic E-state index is 12.7. The van der Waals surface area contributed by atoms with Gasteiger partial charge >= 0.3 is 0 Å². The maximum atomic E-state index is 12.7. The Hall–Kier alpha value is -0.410. The van der Waals surface area contributed by atoms with E-state index in [-0.39, 0.29) is 11.4 Å². The van der Waals surface area contributed by atoms with Crippen molar-refractivity contribution >= 4 is 15.9 Å². The summed E-state index contributed by atoms with van der Waals surface area (Å²) in [4.78, 5) is 0. The first-order valence-corrected chi connectivity index (χ1v) is 4.51. The second-order valence-corrected chi connectivity index (χ2v) is 4.00. The summed E-state index contributed by atoms with van der Waals surface area (Å²) < 4.78 is 18.7. The van der Waals surface area contributed by atoms with Crippen LogP contribution in [0.2, 0.25) is 0 Å². The lowest BCUT2D eigenvalue weighted by molar-refractivity contribution is 0.328. The smallest absolute Gasteiger partial charge is 0.124 e. The van der Waals surface area contributed by atoms with Crippen LogP contribution in [0, 0.1) is 5.82 Å². The lowest BCUT2D eigenvalue weighted by Gasteiger charge is -2.07. The lowest BCUT2D eigenvalue weighted by atomic mass is 10.0. The summed E-state index contributed by atoms with van der Waals surface area (Å²) >= 11 is 3.30. The summed E-state index contributed by atoms with van der Waals surface area (Å²) in [6, 6.07) is 4.67. The molecule has 1 aromatic rings. The van der Waals surface area contributed by atoms with Crippen molar-refractivity contribution in [2.24, 2.45) is 0 Å². The highest BCUT2D eigenvalue weighted by molar-refractivity contribution is 9.10. The topological polar surface area (TPSA) is 12.5 Å². The molecular formula is C9H8BrFO. The number of ether oxygens (including phenoxy) is 1. The first-order valence-electron chi connectivity index (χ1n) is 3.71. The highest BCUT2D eigenvalue weighted by Crippen LogP contribution is 2.41. The summed E-state index contributed by atoms with van der Waals surface area (Å²) in [7, 11) is 0. The molecular weight excluding hydrogens is 223 g/mol. The molecule has 0 aromatic heterocycles. The van der Waals surface area contributed by atoms with Gasteiger partial charge in [0.15, 0.2) is 0 Å². The minimum Gasteiger partial charge on any atom is -0.365 e. The van der Waals surface area contributed by atoms with Crippen molar-refractivity contribution < 1.29 is 9.13 Å². The van der Waals surface area contributed by atoms with E-state index in [1.165, 1.54) is 12.1 Å². The second-order valence-electron chi connectivity index (χ2n) is 3.14. The standard InChI is InChI=1S/C9H8BrFO/c1-9(5-12-9)7-3-2-6(11)4-8(7)10/h2-4H,5H2,1H3. The third-order valence-corrected chi connectivity index (χ3v) is 2.73. The molecule has 1 nitrogen and oxygen atoms in total. The van der Waals surface area contributed by atoms with Crippen molar-refractivity contribution in [3.8, 4) is 0 Å². The van der Waals surface area contributed by atoms with Gasteiger partial charge in [-0.15, -0.1) is 0 Å². The molecule has 0 radical (unpaired) electrons. The Morgan fingerprint density at radius 2 is 2.25 bits per heavy atom. The van der Waals surface area contributed by atoms with Crippen molar-refractivity contribution in [1.82, 2.24) is 0 Å². The molecule has 0 aliphatic carbocycles. The fraction of sp³-hybridized carbons (Fsp3) is 0.333. The van der Waals surface area contributed by atoms with E-state index in [1.54, 1.807) is 6.07 Å². The average Bonchev–Trinajstić information content (AvgIpc) is 2.68. The zero-order valence-electron chi connectivity index (χ0n) is 6.60. The average molecular weight is 231 g/mol. The van der Waals surface area contributed by atoms with E-state index in [1.807, 2.05) is 6.92 Å². The minimum absolute atomic E-state index is 0.188. The monoisotopic (exact) mass is 230 g/mol. The zero-order valence-corrected chi connectivity index (χ0v) is 8.19. The van der Waals surface area contributed by atoms with Gasteiger partial charge < -0.3 is 4.74 Å². The van der Waals surface area contributed by atoms with Crippen molar-refractivity contribution in [3.05, 3.63) is 34.1 Å². The summed E-state index contributed by atoms with van der Waals surface area (Å²) in [5.74, 6) is -0.227. The van der Waals surface area contributed by atoms with Crippen LogP contribution < -0.4 is 0 Å². The quantitative estimate of drug-likeness (QED) is 0.677. The molecule has 64 valence electrons. The number of epoxide rings is 1. The Kier molecular flexibility index (Phi) is 1.73. The van der Waals surface area contributed by atoms with Crippen LogP contribution >= 0.6 is 15.9 Å². The number of benzene rings is 1. The Balaban J connectivity index is 2.45. The van der Waals surface area contributed by atoms with Crippen LogP contribution in [0.1, 0.15) is 12.5 Å². The van der Waals surface area contributed by atoms with Crippen molar-refractivity contribution in [3.63, 3.8) is 0 Å². The SMILES string of the molecule is CC1(c2ccc(F)cc2Br)CO1. The van der Waals surface area contributed by atoms with Gasteiger partial charge in [-0.2, -0.15) is 0 Å². The van der Waals surface area contributed by atoms with Crippen molar-refractivity contribution in [1.29, 1.82) is 0 Å². The summed E-state index contributed by atoms with van der Waals surface area (Å²) in [6.07, 6.45) is 0. The van der Waals surface area contributed by atoms with Gasteiger partial charge in [-0.25, -0.2) is 4.39 Å². The van der Waals surface area contributed by atoms with Gasteiger partial charge in [0.1, 0.15) is 11.4 Å². The van der Waals surface area contributed by atoms with Crippen LogP contribution in [0.15, 0.2) is 22.7 Å². The normalized spacial score (nSPS) is 27.2. The highest BCUT2D eigenvalue weighted by atomic mass is 79.9. The number of hydrogen-bond donors (Lipinski definition) is 0. The molecule has 0 saturated carbocycles. The van der Waals surface area contributed by atoms with Gasteiger partial charge in [-0.05, 0) is 19.1 Å². The van der Waals surface area contributed by atoms with Crippen molar-refractivity contribution in [2.75, 3.05) is 6.61 Å². The Labute approximate surface area is 78.7 Å². The van der Waals surface area contributed by atoms with E-state index in [4.69, 9.17) is 4.74 Å². The molecule has 3 heteroatoms. The van der Waals surface area contributed by atoms with E-state index in [9.17, 15) is 4.39 Å². The van der Waals surface area contributed by atoms with Gasteiger partial charge in [0.25, 0.3) is 0 Å². The first-order chi connectivity index (χ1) is 5.62. The molecule has 1 fully saturated rings. The Morgan fingerprint density at radius 1 is 1.58 bits per heavy atom. The van der Waals surface area contributed by atoms with Crippen LogP contribution in [-0.2, 0) is 10.3 Å². The molecule has 1 unspecified atom stereocenters. The fourth-order valence-electron chi connectivity index (χ4n) is 1.18. The predicted octanol–water partition coefficient (Wildman–Crippen LogP) is 2.83. The lowest BCUT2D eigenvalue weighted by Crippen LogP contribution is -2.03. The third-order valence-electron chi connectivity index (χ3n) is 2.08. The number of halogens is 2. The minimum atomic E-state index is -0.227.